The largest absolute Gasteiger partial charge is 0.289 e. The van der Waals surface area contributed by atoms with Crippen LogP contribution in [0.3, 0.4) is 0 Å². The molecule has 0 aliphatic heterocycles. The van der Waals surface area contributed by atoms with Crippen molar-refractivity contribution >= 4 is 34.0 Å². The van der Waals surface area contributed by atoms with Crippen LogP contribution in [-0.2, 0) is 0 Å². The number of rotatable bonds is 5. The molecule has 2 heterocycles. The van der Waals surface area contributed by atoms with Crippen molar-refractivity contribution in [2.75, 3.05) is 13.1 Å². The lowest BCUT2D eigenvalue weighted by Gasteiger charge is -1.98. The number of pyridine rings is 2. The second kappa shape index (κ2) is 7.66. The SMILES string of the molecule is C(=NCCN=Cc1cc2ccccc2cn1)c1cc2ccccc2cn1. The van der Waals surface area contributed by atoms with Gasteiger partial charge >= 0.3 is 0 Å². The maximum atomic E-state index is 4.41. The van der Waals surface area contributed by atoms with Gasteiger partial charge < -0.3 is 0 Å². The van der Waals surface area contributed by atoms with Crippen molar-refractivity contribution in [3.63, 3.8) is 0 Å². The van der Waals surface area contributed by atoms with Crippen molar-refractivity contribution in [3.8, 4) is 0 Å². The van der Waals surface area contributed by atoms with Crippen molar-refractivity contribution in [2.24, 2.45) is 9.98 Å². The van der Waals surface area contributed by atoms with Gasteiger partial charge in [-0.15, -0.1) is 0 Å². The molecule has 2 aromatic carbocycles. The Morgan fingerprint density at radius 3 is 1.50 bits per heavy atom. The number of aromatic nitrogens is 2. The summed E-state index contributed by atoms with van der Waals surface area (Å²) in [5.41, 5.74) is 1.73. The zero-order valence-corrected chi connectivity index (χ0v) is 14.3. The highest BCUT2D eigenvalue weighted by Gasteiger charge is 1.95. The van der Waals surface area contributed by atoms with E-state index >= 15 is 0 Å². The Labute approximate surface area is 152 Å². The lowest BCUT2D eigenvalue weighted by Crippen LogP contribution is -1.93. The van der Waals surface area contributed by atoms with Gasteiger partial charge in [-0.05, 0) is 22.9 Å². The quantitative estimate of drug-likeness (QED) is 0.402. The topological polar surface area (TPSA) is 50.5 Å². The van der Waals surface area contributed by atoms with E-state index in [2.05, 4.69) is 44.2 Å². The molecule has 4 aromatic rings. The molecule has 0 fully saturated rings. The third-order valence-electron chi connectivity index (χ3n) is 4.11. The molecule has 0 aliphatic rings. The van der Waals surface area contributed by atoms with E-state index in [1.165, 1.54) is 10.8 Å². The van der Waals surface area contributed by atoms with Gasteiger partial charge in [0.1, 0.15) is 0 Å². The summed E-state index contributed by atoms with van der Waals surface area (Å²) in [6.45, 7) is 1.25. The Morgan fingerprint density at radius 1 is 0.615 bits per heavy atom. The molecule has 4 rings (SSSR count). The van der Waals surface area contributed by atoms with Crippen molar-refractivity contribution < 1.29 is 0 Å². The fourth-order valence-electron chi connectivity index (χ4n) is 2.77. The first-order valence-electron chi connectivity index (χ1n) is 8.58. The molecule has 126 valence electrons. The maximum Gasteiger partial charge on any atom is 0.0814 e. The number of hydrogen-bond donors (Lipinski definition) is 0. The molecule has 4 heteroatoms. The van der Waals surface area contributed by atoms with E-state index in [-0.39, 0.29) is 0 Å². The standard InChI is InChI=1S/C22H18N4/c1-3-7-19-13-25-21(11-17(19)5-1)15-23-9-10-24-16-22-12-18-6-2-4-8-20(18)14-26-22/h1-8,11-16H,9-10H2. The Bertz CT molecular complexity index is 1010. The predicted molar refractivity (Wildman–Crippen MR) is 108 cm³/mol. The first-order chi connectivity index (χ1) is 12.9. The van der Waals surface area contributed by atoms with Gasteiger partial charge in [0.2, 0.25) is 0 Å². The fourth-order valence-corrected chi connectivity index (χ4v) is 2.77. The van der Waals surface area contributed by atoms with E-state index in [0.29, 0.717) is 13.1 Å². The Morgan fingerprint density at radius 2 is 1.04 bits per heavy atom. The number of nitrogens with zero attached hydrogens (tertiary/aromatic N) is 4. The summed E-state index contributed by atoms with van der Waals surface area (Å²) >= 11 is 0. The Kier molecular flexibility index (Phi) is 4.74. The normalized spacial score (nSPS) is 11.8. The van der Waals surface area contributed by atoms with Gasteiger partial charge in [0, 0.05) is 35.6 Å². The molecular weight excluding hydrogens is 320 g/mol. The van der Waals surface area contributed by atoms with Gasteiger partial charge in [0.25, 0.3) is 0 Å². The van der Waals surface area contributed by atoms with E-state index in [9.17, 15) is 0 Å². The minimum atomic E-state index is 0.624. The summed E-state index contributed by atoms with van der Waals surface area (Å²) in [6.07, 6.45) is 7.35. The van der Waals surface area contributed by atoms with Gasteiger partial charge in [-0.25, -0.2) is 0 Å². The summed E-state index contributed by atoms with van der Waals surface area (Å²) in [4.78, 5) is 17.6. The van der Waals surface area contributed by atoms with Gasteiger partial charge in [0.15, 0.2) is 0 Å². The van der Waals surface area contributed by atoms with Gasteiger partial charge in [-0.2, -0.15) is 0 Å². The highest BCUT2D eigenvalue weighted by atomic mass is 14.8. The molecule has 0 bridgehead atoms. The zero-order valence-electron chi connectivity index (χ0n) is 14.3. The molecule has 0 saturated heterocycles. The molecule has 4 nitrogen and oxygen atoms in total. The average Bonchev–Trinajstić information content (AvgIpc) is 2.70. The number of benzene rings is 2. The molecule has 0 N–H and O–H groups in total. The van der Waals surface area contributed by atoms with Crippen molar-refractivity contribution in [1.29, 1.82) is 0 Å². The van der Waals surface area contributed by atoms with Crippen molar-refractivity contribution in [1.82, 2.24) is 9.97 Å². The van der Waals surface area contributed by atoms with E-state index in [0.717, 1.165) is 22.2 Å². The molecule has 0 aliphatic carbocycles. The van der Waals surface area contributed by atoms with Gasteiger partial charge in [0.05, 0.1) is 24.5 Å². The molecule has 0 amide bonds. The minimum absolute atomic E-state index is 0.624. The molecule has 2 aromatic heterocycles. The molecule has 0 saturated carbocycles. The number of aliphatic imine (C=N–C) groups is 2. The monoisotopic (exact) mass is 338 g/mol. The first-order valence-corrected chi connectivity index (χ1v) is 8.58. The third kappa shape index (κ3) is 3.81. The summed E-state index contributed by atoms with van der Waals surface area (Å²) in [6, 6.07) is 20.4. The van der Waals surface area contributed by atoms with Crippen LogP contribution in [0.25, 0.3) is 21.5 Å². The lowest BCUT2D eigenvalue weighted by atomic mass is 10.1. The number of fused-ring (bicyclic) bond motifs is 2. The second-order valence-corrected chi connectivity index (χ2v) is 5.98. The van der Waals surface area contributed by atoms with Crippen molar-refractivity contribution in [3.05, 3.63) is 84.4 Å². The highest BCUT2D eigenvalue weighted by molar-refractivity contribution is 5.89. The second-order valence-electron chi connectivity index (χ2n) is 5.98. The third-order valence-corrected chi connectivity index (χ3v) is 4.11. The first kappa shape index (κ1) is 16.1. The Balaban J connectivity index is 1.34. The van der Waals surface area contributed by atoms with Crippen LogP contribution < -0.4 is 0 Å². The molecule has 26 heavy (non-hydrogen) atoms. The van der Waals surface area contributed by atoms with E-state index < -0.39 is 0 Å². The average molecular weight is 338 g/mol. The lowest BCUT2D eigenvalue weighted by molar-refractivity contribution is 0.982. The molecule has 0 radical (unpaired) electrons. The minimum Gasteiger partial charge on any atom is -0.289 e. The summed E-state index contributed by atoms with van der Waals surface area (Å²) < 4.78 is 0. The summed E-state index contributed by atoms with van der Waals surface area (Å²) in [7, 11) is 0. The predicted octanol–water partition coefficient (Wildman–Crippen LogP) is 4.32. The van der Waals surface area contributed by atoms with Gasteiger partial charge in [-0.1, -0.05) is 48.5 Å². The van der Waals surface area contributed by atoms with E-state index in [1.54, 1.807) is 12.4 Å². The zero-order chi connectivity index (χ0) is 17.6. The van der Waals surface area contributed by atoms with Gasteiger partial charge in [-0.3, -0.25) is 20.0 Å². The molecule has 0 unspecified atom stereocenters. The molecular formula is C22H18N4. The Hall–Kier alpha value is -3.40. The van der Waals surface area contributed by atoms with E-state index in [4.69, 9.17) is 0 Å². The van der Waals surface area contributed by atoms with Crippen LogP contribution >= 0.6 is 0 Å². The highest BCUT2D eigenvalue weighted by Crippen LogP contribution is 2.13. The summed E-state index contributed by atoms with van der Waals surface area (Å²) in [5.74, 6) is 0. The van der Waals surface area contributed by atoms with Crippen LogP contribution in [0.5, 0.6) is 0 Å². The van der Waals surface area contributed by atoms with Crippen LogP contribution in [0.1, 0.15) is 11.4 Å². The number of hydrogen-bond acceptors (Lipinski definition) is 4. The van der Waals surface area contributed by atoms with Crippen LogP contribution in [0.2, 0.25) is 0 Å². The molecule has 0 atom stereocenters. The molecule has 0 spiro atoms. The smallest absolute Gasteiger partial charge is 0.0814 e. The van der Waals surface area contributed by atoms with Crippen LogP contribution in [0.15, 0.2) is 83.0 Å². The summed E-state index contributed by atoms with van der Waals surface area (Å²) in [5, 5.41) is 4.61. The fraction of sp³-hybridized carbons (Fsp3) is 0.0909. The van der Waals surface area contributed by atoms with Crippen molar-refractivity contribution in [2.45, 2.75) is 0 Å². The maximum absolute atomic E-state index is 4.41. The van der Waals surface area contributed by atoms with Crippen LogP contribution in [0, 0.1) is 0 Å². The van der Waals surface area contributed by atoms with Crippen LogP contribution in [-0.4, -0.2) is 35.5 Å². The van der Waals surface area contributed by atoms with E-state index in [1.807, 2.05) is 48.8 Å². The van der Waals surface area contributed by atoms with Crippen LogP contribution in [0.4, 0.5) is 0 Å².